The van der Waals surface area contributed by atoms with Crippen LogP contribution in [0.25, 0.3) is 0 Å². The molecular formula is C28H43FN4S. The minimum absolute atomic E-state index is 0.0655. The first-order chi connectivity index (χ1) is 16.4. The van der Waals surface area contributed by atoms with Crippen molar-refractivity contribution in [2.45, 2.75) is 65.6 Å². The van der Waals surface area contributed by atoms with Crippen LogP contribution in [0.3, 0.4) is 0 Å². The van der Waals surface area contributed by atoms with Crippen molar-refractivity contribution < 1.29 is 4.39 Å². The molecule has 4 rings (SSSR count). The summed E-state index contributed by atoms with van der Waals surface area (Å²) < 4.78 is 14.3. The third-order valence-electron chi connectivity index (χ3n) is 7.12. The summed E-state index contributed by atoms with van der Waals surface area (Å²) in [5.74, 6) is 1.09. The minimum atomic E-state index is -0.0655. The van der Waals surface area contributed by atoms with Gasteiger partial charge in [-0.05, 0) is 88.4 Å². The average Bonchev–Trinajstić information content (AvgIpc) is 2.82. The summed E-state index contributed by atoms with van der Waals surface area (Å²) in [6, 6.07) is 9.06. The molecular weight excluding hydrogens is 443 g/mol. The van der Waals surface area contributed by atoms with Crippen molar-refractivity contribution in [1.82, 2.24) is 14.8 Å². The first-order valence-electron chi connectivity index (χ1n) is 12.7. The Labute approximate surface area is 210 Å². The second kappa shape index (κ2) is 12.9. The molecule has 1 aromatic carbocycles. The number of thioether (sulfide) groups is 1. The predicted molar refractivity (Wildman–Crippen MR) is 146 cm³/mol. The fourth-order valence-corrected chi connectivity index (χ4v) is 5.38. The van der Waals surface area contributed by atoms with E-state index in [1.807, 2.05) is 37.8 Å². The predicted octanol–water partition coefficient (Wildman–Crippen LogP) is 5.69. The fourth-order valence-electron chi connectivity index (χ4n) is 5.38. The number of nitrogens with zero attached hydrogens (tertiary/aromatic N) is 4. The van der Waals surface area contributed by atoms with Gasteiger partial charge in [-0.2, -0.15) is 11.8 Å². The molecule has 0 N–H and O–H groups in total. The zero-order chi connectivity index (χ0) is 24.7. The second-order valence-electron chi connectivity index (χ2n) is 9.91. The van der Waals surface area contributed by atoms with Gasteiger partial charge in [0.1, 0.15) is 11.6 Å². The second-order valence-corrected chi connectivity index (χ2v) is 10.7. The molecule has 0 amide bonds. The Morgan fingerprint density at radius 2 is 1.71 bits per heavy atom. The average molecular weight is 487 g/mol. The molecule has 0 aliphatic carbocycles. The first kappa shape index (κ1) is 27.0. The molecule has 3 heterocycles. The molecule has 34 heavy (non-hydrogen) atoms. The lowest BCUT2D eigenvalue weighted by molar-refractivity contribution is 0.0607. The third-order valence-corrected chi connectivity index (χ3v) is 7.12. The number of anilines is 1. The van der Waals surface area contributed by atoms with Crippen molar-refractivity contribution >= 4 is 17.6 Å². The van der Waals surface area contributed by atoms with Gasteiger partial charge in [0.05, 0.1) is 0 Å². The van der Waals surface area contributed by atoms with Gasteiger partial charge in [-0.15, -0.1) is 0 Å². The largest absolute Gasteiger partial charge is 0.354 e. The van der Waals surface area contributed by atoms with Crippen LogP contribution in [-0.4, -0.2) is 72.1 Å². The Kier molecular flexibility index (Phi) is 10.2. The molecule has 1 atom stereocenters. The number of halogens is 1. The van der Waals surface area contributed by atoms with Gasteiger partial charge < -0.3 is 4.90 Å². The quantitative estimate of drug-likeness (QED) is 0.540. The molecule has 0 spiro atoms. The van der Waals surface area contributed by atoms with Crippen LogP contribution in [0.15, 0.2) is 30.5 Å². The van der Waals surface area contributed by atoms with Gasteiger partial charge in [0.15, 0.2) is 0 Å². The molecule has 2 aromatic rings. The van der Waals surface area contributed by atoms with Gasteiger partial charge in [-0.25, -0.2) is 9.37 Å². The Bertz CT molecular complexity index is 913. The number of rotatable bonds is 5. The Balaban J connectivity index is 0.00000103. The number of likely N-dealkylation sites (tertiary alicyclic amines) is 1. The van der Waals surface area contributed by atoms with Crippen LogP contribution in [0.2, 0.25) is 0 Å². The van der Waals surface area contributed by atoms with E-state index in [-0.39, 0.29) is 5.82 Å². The van der Waals surface area contributed by atoms with E-state index in [0.29, 0.717) is 12.1 Å². The summed E-state index contributed by atoms with van der Waals surface area (Å²) in [6.45, 7) is 14.6. The fraction of sp³-hybridized carbons (Fsp3) is 0.607. The van der Waals surface area contributed by atoms with E-state index in [4.69, 9.17) is 4.98 Å². The normalized spacial score (nSPS) is 20.2. The SMILES string of the molecule is CCC1CN(c2ncc(C)cc2C)CCN1C1CCN(Cc2ccc(C)cc2F)CC1.CSC. The molecule has 1 aromatic heterocycles. The number of piperazine rings is 1. The van der Waals surface area contributed by atoms with Gasteiger partial charge in [-0.3, -0.25) is 9.80 Å². The van der Waals surface area contributed by atoms with E-state index in [2.05, 4.69) is 41.5 Å². The smallest absolute Gasteiger partial charge is 0.131 e. The van der Waals surface area contributed by atoms with Crippen LogP contribution >= 0.6 is 11.8 Å². The van der Waals surface area contributed by atoms with E-state index < -0.39 is 0 Å². The maximum absolute atomic E-state index is 14.3. The van der Waals surface area contributed by atoms with E-state index >= 15 is 0 Å². The molecule has 1 unspecified atom stereocenters. The van der Waals surface area contributed by atoms with E-state index in [0.717, 1.165) is 62.6 Å². The van der Waals surface area contributed by atoms with Gasteiger partial charge in [0.2, 0.25) is 0 Å². The molecule has 2 aliphatic heterocycles. The lowest BCUT2D eigenvalue weighted by Gasteiger charge is -2.48. The van der Waals surface area contributed by atoms with Gasteiger partial charge >= 0.3 is 0 Å². The highest BCUT2D eigenvalue weighted by Crippen LogP contribution is 2.27. The van der Waals surface area contributed by atoms with Crippen molar-refractivity contribution in [2.75, 3.05) is 50.1 Å². The topological polar surface area (TPSA) is 22.6 Å². The Morgan fingerprint density at radius 1 is 1.00 bits per heavy atom. The first-order valence-corrected chi connectivity index (χ1v) is 14.3. The van der Waals surface area contributed by atoms with Crippen LogP contribution < -0.4 is 4.90 Å². The lowest BCUT2D eigenvalue weighted by Crippen LogP contribution is -2.58. The standard InChI is InChI=1S/C26H37FN4.C2H6S/c1-5-23-18-30(26-21(4)14-20(3)16-28-26)12-13-31(23)24-8-10-29(11-9-24)17-22-7-6-19(2)15-25(22)27;1-3-2/h6-7,14-16,23-24H,5,8-13,17-18H2,1-4H3;1-2H3. The van der Waals surface area contributed by atoms with Crippen LogP contribution in [0.1, 0.15) is 48.4 Å². The molecule has 0 saturated carbocycles. The highest BCUT2D eigenvalue weighted by Gasteiger charge is 2.33. The number of pyridine rings is 1. The third kappa shape index (κ3) is 6.96. The zero-order valence-electron chi connectivity index (χ0n) is 22.0. The summed E-state index contributed by atoms with van der Waals surface area (Å²) >= 11 is 1.75. The zero-order valence-corrected chi connectivity index (χ0v) is 22.8. The number of aryl methyl sites for hydroxylation is 3. The monoisotopic (exact) mass is 486 g/mol. The number of hydrogen-bond acceptors (Lipinski definition) is 5. The van der Waals surface area contributed by atoms with E-state index in [1.165, 1.54) is 24.0 Å². The maximum atomic E-state index is 14.3. The summed E-state index contributed by atoms with van der Waals surface area (Å²) in [5.41, 5.74) is 4.31. The molecule has 2 aliphatic rings. The van der Waals surface area contributed by atoms with Crippen molar-refractivity contribution in [2.24, 2.45) is 0 Å². The van der Waals surface area contributed by atoms with E-state index in [9.17, 15) is 4.39 Å². The molecule has 6 heteroatoms. The summed E-state index contributed by atoms with van der Waals surface area (Å²) in [5, 5.41) is 0. The van der Waals surface area contributed by atoms with Crippen molar-refractivity contribution in [3.05, 3.63) is 58.5 Å². The molecule has 2 saturated heterocycles. The number of hydrogen-bond donors (Lipinski definition) is 0. The number of aromatic nitrogens is 1. The number of benzene rings is 1. The molecule has 4 nitrogen and oxygen atoms in total. The van der Waals surface area contributed by atoms with Gasteiger partial charge in [-0.1, -0.05) is 25.1 Å². The molecule has 0 radical (unpaired) electrons. The van der Waals surface area contributed by atoms with Crippen molar-refractivity contribution in [3.8, 4) is 0 Å². The van der Waals surface area contributed by atoms with Gasteiger partial charge in [0, 0.05) is 50.0 Å². The van der Waals surface area contributed by atoms with Crippen LogP contribution in [0.4, 0.5) is 10.2 Å². The molecule has 2 fully saturated rings. The minimum Gasteiger partial charge on any atom is -0.354 e. The number of piperidine rings is 1. The van der Waals surface area contributed by atoms with Gasteiger partial charge in [0.25, 0.3) is 0 Å². The maximum Gasteiger partial charge on any atom is 0.131 e. The highest BCUT2D eigenvalue weighted by molar-refractivity contribution is 7.97. The molecule has 188 valence electrons. The highest BCUT2D eigenvalue weighted by atomic mass is 32.2. The Morgan fingerprint density at radius 3 is 2.32 bits per heavy atom. The summed E-state index contributed by atoms with van der Waals surface area (Å²) in [4.78, 5) is 12.4. The Hall–Kier alpha value is -1.63. The van der Waals surface area contributed by atoms with Crippen LogP contribution in [0, 0.1) is 26.6 Å². The van der Waals surface area contributed by atoms with Crippen molar-refractivity contribution in [1.29, 1.82) is 0 Å². The van der Waals surface area contributed by atoms with E-state index in [1.54, 1.807) is 17.8 Å². The van der Waals surface area contributed by atoms with Crippen molar-refractivity contribution in [3.63, 3.8) is 0 Å². The van der Waals surface area contributed by atoms with Crippen LogP contribution in [0.5, 0.6) is 0 Å². The van der Waals surface area contributed by atoms with Crippen LogP contribution in [-0.2, 0) is 6.54 Å². The lowest BCUT2D eigenvalue weighted by atomic mass is 9.97. The summed E-state index contributed by atoms with van der Waals surface area (Å²) in [6.07, 6.45) is 9.58. The molecule has 0 bridgehead atoms. The summed E-state index contributed by atoms with van der Waals surface area (Å²) in [7, 11) is 0.